The van der Waals surface area contributed by atoms with Gasteiger partial charge in [0.05, 0.1) is 24.1 Å². The number of nitrogens with zero attached hydrogens (tertiary/aromatic N) is 1. The number of esters is 1. The van der Waals surface area contributed by atoms with E-state index in [1.807, 2.05) is 24.3 Å². The number of anilines is 1. The molecular weight excluding hydrogens is 387 g/mol. The number of hydrogen-bond acceptors (Lipinski definition) is 4. The Hall–Kier alpha value is -3.10. The lowest BCUT2D eigenvalue weighted by Crippen LogP contribution is -2.29. The fourth-order valence-corrected chi connectivity index (χ4v) is 3.43. The standard InChI is InChI=1S/C20H20F3N3O3/c1-2-29-18(27)15-7-12(9-20(21,22)23)8-16(15)25-19(28)26-17-11-24-10-13-5-3-4-6-14(13)17/h3-6,10-12H,2,7-9H2,1H3,(H2,25,26,28). The highest BCUT2D eigenvalue weighted by atomic mass is 19.4. The van der Waals surface area contributed by atoms with Gasteiger partial charge in [-0.2, -0.15) is 13.2 Å². The predicted molar refractivity (Wildman–Crippen MR) is 101 cm³/mol. The molecule has 0 aliphatic heterocycles. The molecular formula is C20H20F3N3O3. The van der Waals surface area contributed by atoms with Gasteiger partial charge in [-0.1, -0.05) is 24.3 Å². The number of carbonyl (C=O) groups is 2. The number of alkyl halides is 3. The van der Waals surface area contributed by atoms with E-state index in [-0.39, 0.29) is 30.7 Å². The zero-order valence-electron chi connectivity index (χ0n) is 15.7. The van der Waals surface area contributed by atoms with Crippen LogP contribution >= 0.6 is 0 Å². The maximum atomic E-state index is 12.8. The van der Waals surface area contributed by atoms with Crippen molar-refractivity contribution in [1.82, 2.24) is 10.3 Å². The maximum absolute atomic E-state index is 12.8. The molecule has 9 heteroatoms. The zero-order valence-corrected chi connectivity index (χ0v) is 15.7. The van der Waals surface area contributed by atoms with Crippen molar-refractivity contribution in [3.05, 3.63) is 47.9 Å². The van der Waals surface area contributed by atoms with Gasteiger partial charge in [-0.05, 0) is 25.7 Å². The molecule has 0 saturated heterocycles. The summed E-state index contributed by atoms with van der Waals surface area (Å²) in [5.74, 6) is -1.52. The number of hydrogen-bond donors (Lipinski definition) is 2. The van der Waals surface area contributed by atoms with E-state index in [0.717, 1.165) is 10.8 Å². The fraction of sp³-hybridized carbons (Fsp3) is 0.350. The van der Waals surface area contributed by atoms with Crippen LogP contribution in [0, 0.1) is 5.92 Å². The average Bonchev–Trinajstić information content (AvgIpc) is 3.02. The van der Waals surface area contributed by atoms with Gasteiger partial charge in [-0.15, -0.1) is 0 Å². The van der Waals surface area contributed by atoms with E-state index < -0.39 is 30.5 Å². The van der Waals surface area contributed by atoms with Crippen LogP contribution in [-0.4, -0.2) is 29.8 Å². The van der Waals surface area contributed by atoms with E-state index in [4.69, 9.17) is 4.74 Å². The Labute approximate surface area is 165 Å². The third-order valence-electron chi connectivity index (χ3n) is 4.57. The first-order valence-corrected chi connectivity index (χ1v) is 9.13. The normalized spacial score (nSPS) is 16.8. The summed E-state index contributed by atoms with van der Waals surface area (Å²) in [7, 11) is 0. The third kappa shape index (κ3) is 5.24. The quantitative estimate of drug-likeness (QED) is 0.714. The van der Waals surface area contributed by atoms with Gasteiger partial charge in [0, 0.05) is 29.1 Å². The Morgan fingerprint density at radius 2 is 1.93 bits per heavy atom. The number of pyridine rings is 1. The van der Waals surface area contributed by atoms with Crippen molar-refractivity contribution >= 4 is 28.5 Å². The number of ether oxygens (including phenoxy) is 1. The lowest BCUT2D eigenvalue weighted by molar-refractivity contribution is -0.145. The molecule has 1 heterocycles. The molecule has 1 atom stereocenters. The van der Waals surface area contributed by atoms with Gasteiger partial charge in [0.15, 0.2) is 0 Å². The number of carbonyl (C=O) groups excluding carboxylic acids is 2. The molecule has 0 spiro atoms. The van der Waals surface area contributed by atoms with E-state index in [9.17, 15) is 22.8 Å². The monoisotopic (exact) mass is 407 g/mol. The van der Waals surface area contributed by atoms with Gasteiger partial charge in [-0.3, -0.25) is 4.98 Å². The van der Waals surface area contributed by atoms with Crippen molar-refractivity contribution in [1.29, 1.82) is 0 Å². The Kier molecular flexibility index (Phi) is 6.05. The summed E-state index contributed by atoms with van der Waals surface area (Å²) in [6.07, 6.45) is -2.41. The van der Waals surface area contributed by atoms with Crippen molar-refractivity contribution in [3.63, 3.8) is 0 Å². The van der Waals surface area contributed by atoms with Crippen LogP contribution in [0.25, 0.3) is 10.8 Å². The minimum atomic E-state index is -4.35. The molecule has 2 aromatic rings. The minimum Gasteiger partial charge on any atom is -0.463 e. The van der Waals surface area contributed by atoms with Gasteiger partial charge < -0.3 is 15.4 Å². The number of fused-ring (bicyclic) bond motifs is 1. The van der Waals surface area contributed by atoms with E-state index in [0.29, 0.717) is 5.69 Å². The van der Waals surface area contributed by atoms with Crippen molar-refractivity contribution in [2.75, 3.05) is 11.9 Å². The summed E-state index contributed by atoms with van der Waals surface area (Å²) in [4.78, 5) is 28.7. The number of aromatic nitrogens is 1. The van der Waals surface area contributed by atoms with E-state index in [1.165, 1.54) is 6.20 Å². The average molecular weight is 407 g/mol. The molecule has 3 rings (SSSR count). The highest BCUT2D eigenvalue weighted by Crippen LogP contribution is 2.38. The molecule has 2 N–H and O–H groups in total. The van der Waals surface area contributed by atoms with Crippen LogP contribution in [0.2, 0.25) is 0 Å². The van der Waals surface area contributed by atoms with Gasteiger partial charge >= 0.3 is 18.2 Å². The molecule has 0 radical (unpaired) electrons. The van der Waals surface area contributed by atoms with E-state index in [1.54, 1.807) is 13.1 Å². The van der Waals surface area contributed by atoms with Crippen LogP contribution < -0.4 is 10.6 Å². The first-order valence-electron chi connectivity index (χ1n) is 9.13. The predicted octanol–water partition coefficient (Wildman–Crippen LogP) is 4.54. The molecule has 29 heavy (non-hydrogen) atoms. The topological polar surface area (TPSA) is 80.3 Å². The van der Waals surface area contributed by atoms with Crippen LogP contribution in [0.4, 0.5) is 23.7 Å². The molecule has 0 bridgehead atoms. The van der Waals surface area contributed by atoms with Gasteiger partial charge in [0.1, 0.15) is 0 Å². The van der Waals surface area contributed by atoms with Crippen LogP contribution in [0.15, 0.2) is 47.9 Å². The number of allylic oxidation sites excluding steroid dienone is 1. The zero-order chi connectivity index (χ0) is 21.0. The van der Waals surface area contributed by atoms with Crippen LogP contribution in [-0.2, 0) is 9.53 Å². The highest BCUT2D eigenvalue weighted by Gasteiger charge is 2.38. The molecule has 6 nitrogen and oxygen atoms in total. The lowest BCUT2D eigenvalue weighted by atomic mass is 10.0. The summed E-state index contributed by atoms with van der Waals surface area (Å²) in [6, 6.07) is 6.64. The lowest BCUT2D eigenvalue weighted by Gasteiger charge is -2.13. The van der Waals surface area contributed by atoms with Crippen LogP contribution in [0.5, 0.6) is 0 Å². The van der Waals surface area contributed by atoms with E-state index >= 15 is 0 Å². The molecule has 0 fully saturated rings. The maximum Gasteiger partial charge on any atom is 0.389 e. The Balaban J connectivity index is 1.76. The first-order chi connectivity index (χ1) is 13.8. The number of urea groups is 1. The van der Waals surface area contributed by atoms with Crippen molar-refractivity contribution in [2.45, 2.75) is 32.4 Å². The highest BCUT2D eigenvalue weighted by molar-refractivity contribution is 6.01. The van der Waals surface area contributed by atoms with Gasteiger partial charge in [0.25, 0.3) is 0 Å². The second-order valence-corrected chi connectivity index (χ2v) is 6.76. The SMILES string of the molecule is CCOC(=O)C1=C(NC(=O)Nc2cncc3ccccc23)CC(CC(F)(F)F)C1. The molecule has 1 aromatic heterocycles. The summed E-state index contributed by atoms with van der Waals surface area (Å²) in [5, 5.41) is 6.76. The largest absolute Gasteiger partial charge is 0.463 e. The summed E-state index contributed by atoms with van der Waals surface area (Å²) in [6.45, 7) is 1.70. The van der Waals surface area contributed by atoms with Gasteiger partial charge in [-0.25, -0.2) is 9.59 Å². The smallest absolute Gasteiger partial charge is 0.389 e. The summed E-state index contributed by atoms with van der Waals surface area (Å²) in [5.41, 5.74) is 0.680. The number of benzene rings is 1. The number of halogens is 3. The minimum absolute atomic E-state index is 0.0606. The van der Waals surface area contributed by atoms with Crippen molar-refractivity contribution < 1.29 is 27.5 Å². The molecule has 2 amide bonds. The molecule has 1 aliphatic rings. The van der Waals surface area contributed by atoms with Crippen LogP contribution in [0.1, 0.15) is 26.2 Å². The number of amides is 2. The molecule has 1 aromatic carbocycles. The molecule has 1 aliphatic carbocycles. The van der Waals surface area contributed by atoms with Crippen molar-refractivity contribution in [2.24, 2.45) is 5.92 Å². The number of rotatable bonds is 5. The first kappa shape index (κ1) is 20.6. The summed E-state index contributed by atoms with van der Waals surface area (Å²) >= 11 is 0. The fourth-order valence-electron chi connectivity index (χ4n) is 3.43. The molecule has 154 valence electrons. The second-order valence-electron chi connectivity index (χ2n) is 6.76. The molecule has 0 saturated carbocycles. The molecule has 1 unspecified atom stereocenters. The number of nitrogens with one attached hydrogen (secondary N) is 2. The Morgan fingerprint density at radius 3 is 2.66 bits per heavy atom. The summed E-state index contributed by atoms with van der Waals surface area (Å²) < 4.78 is 43.2. The van der Waals surface area contributed by atoms with Crippen LogP contribution in [0.3, 0.4) is 0 Å². The second kappa shape index (κ2) is 8.50. The Bertz CT molecular complexity index is 951. The third-order valence-corrected chi connectivity index (χ3v) is 4.57. The van der Waals surface area contributed by atoms with Gasteiger partial charge in [0.2, 0.25) is 0 Å². The Morgan fingerprint density at radius 1 is 1.17 bits per heavy atom. The van der Waals surface area contributed by atoms with Crippen molar-refractivity contribution in [3.8, 4) is 0 Å². The van der Waals surface area contributed by atoms with E-state index in [2.05, 4.69) is 15.6 Å².